The van der Waals surface area contributed by atoms with Crippen molar-refractivity contribution in [2.75, 3.05) is 0 Å². The molecule has 16 heavy (non-hydrogen) atoms. The summed E-state index contributed by atoms with van der Waals surface area (Å²) in [6, 6.07) is 6.82. The lowest BCUT2D eigenvalue weighted by atomic mass is 10.2. The molecule has 1 amide bonds. The van der Waals surface area contributed by atoms with E-state index in [9.17, 15) is 4.79 Å². The van der Waals surface area contributed by atoms with Crippen LogP contribution in [0.3, 0.4) is 0 Å². The molecule has 2 rings (SSSR count). The minimum Gasteiger partial charge on any atom is -0.366 e. The number of nitrogens with two attached hydrogens (primary N) is 1. The van der Waals surface area contributed by atoms with Crippen molar-refractivity contribution in [2.24, 2.45) is 5.73 Å². The van der Waals surface area contributed by atoms with Crippen LogP contribution >= 0.6 is 11.6 Å². The summed E-state index contributed by atoms with van der Waals surface area (Å²) in [5.74, 6) is 0.471. The number of halogens is 1. The van der Waals surface area contributed by atoms with Gasteiger partial charge < -0.3 is 5.73 Å². The molecule has 6 heteroatoms. The number of carbonyl (C=O) groups is 1. The summed E-state index contributed by atoms with van der Waals surface area (Å²) in [6.45, 7) is 0. The van der Waals surface area contributed by atoms with Crippen molar-refractivity contribution in [3.05, 3.63) is 42.0 Å². The number of nitrogens with zero attached hydrogens (tertiary/aromatic N) is 3. The van der Waals surface area contributed by atoms with E-state index in [-0.39, 0.29) is 5.88 Å². The number of alkyl halides is 1. The van der Waals surface area contributed by atoms with Crippen LogP contribution in [0.5, 0.6) is 0 Å². The Labute approximate surface area is 96.8 Å². The first-order valence-corrected chi connectivity index (χ1v) is 5.11. The number of aromatic nitrogens is 3. The number of primary amides is 1. The standard InChI is InChI=1S/C10H9ClN4O/c11-5-9-14-13-6-15(9)8-3-1-7(2-4-8)10(12)16/h1-4,6H,5H2,(H2,12,16). The highest BCUT2D eigenvalue weighted by atomic mass is 35.5. The second-order valence-corrected chi connectivity index (χ2v) is 3.43. The average molecular weight is 237 g/mol. The van der Waals surface area contributed by atoms with E-state index in [2.05, 4.69) is 10.2 Å². The van der Waals surface area contributed by atoms with Gasteiger partial charge in [-0.3, -0.25) is 9.36 Å². The van der Waals surface area contributed by atoms with Crippen LogP contribution in [0.25, 0.3) is 5.69 Å². The highest BCUT2D eigenvalue weighted by Crippen LogP contribution is 2.12. The van der Waals surface area contributed by atoms with Crippen molar-refractivity contribution >= 4 is 17.5 Å². The third-order valence-electron chi connectivity index (χ3n) is 2.17. The van der Waals surface area contributed by atoms with Crippen LogP contribution in [0.1, 0.15) is 16.2 Å². The SMILES string of the molecule is NC(=O)c1ccc(-n2cnnc2CCl)cc1. The van der Waals surface area contributed by atoms with Crippen LogP contribution < -0.4 is 5.73 Å². The number of benzene rings is 1. The molecule has 0 unspecified atom stereocenters. The van der Waals surface area contributed by atoms with Gasteiger partial charge >= 0.3 is 0 Å². The molecule has 2 aromatic rings. The predicted molar refractivity (Wildman–Crippen MR) is 59.4 cm³/mol. The Morgan fingerprint density at radius 3 is 2.62 bits per heavy atom. The molecule has 0 aliphatic carbocycles. The summed E-state index contributed by atoms with van der Waals surface area (Å²) in [4.78, 5) is 10.9. The van der Waals surface area contributed by atoms with Gasteiger partial charge in [-0.15, -0.1) is 21.8 Å². The molecular formula is C10H9ClN4O. The van der Waals surface area contributed by atoms with E-state index in [1.54, 1.807) is 35.2 Å². The highest BCUT2D eigenvalue weighted by Gasteiger charge is 2.05. The zero-order chi connectivity index (χ0) is 11.5. The van der Waals surface area contributed by atoms with Crippen LogP contribution in [0, 0.1) is 0 Å². The second-order valence-electron chi connectivity index (χ2n) is 3.16. The smallest absolute Gasteiger partial charge is 0.248 e. The Hall–Kier alpha value is -1.88. The Bertz CT molecular complexity index is 506. The first-order valence-electron chi connectivity index (χ1n) is 4.57. The molecule has 0 saturated heterocycles. The molecule has 1 aromatic heterocycles. The minimum absolute atomic E-state index is 0.275. The van der Waals surface area contributed by atoms with E-state index in [0.29, 0.717) is 11.4 Å². The fraction of sp³-hybridized carbons (Fsp3) is 0.100. The maximum Gasteiger partial charge on any atom is 0.248 e. The van der Waals surface area contributed by atoms with Gasteiger partial charge in [-0.1, -0.05) is 0 Å². The summed E-state index contributed by atoms with van der Waals surface area (Å²) < 4.78 is 1.75. The van der Waals surface area contributed by atoms with Gasteiger partial charge in [0, 0.05) is 11.3 Å². The molecule has 1 heterocycles. The van der Waals surface area contributed by atoms with Gasteiger partial charge in [0.15, 0.2) is 5.82 Å². The van der Waals surface area contributed by atoms with Crippen molar-refractivity contribution in [3.63, 3.8) is 0 Å². The Balaban J connectivity index is 2.38. The maximum atomic E-state index is 10.9. The highest BCUT2D eigenvalue weighted by molar-refractivity contribution is 6.16. The first-order chi connectivity index (χ1) is 7.72. The number of hydrogen-bond donors (Lipinski definition) is 1. The molecule has 82 valence electrons. The topological polar surface area (TPSA) is 73.8 Å². The van der Waals surface area contributed by atoms with E-state index < -0.39 is 5.91 Å². The van der Waals surface area contributed by atoms with Gasteiger partial charge in [-0.25, -0.2) is 0 Å². The molecular weight excluding hydrogens is 228 g/mol. The molecule has 0 radical (unpaired) electrons. The quantitative estimate of drug-likeness (QED) is 0.812. The summed E-state index contributed by atoms with van der Waals surface area (Å²) in [5, 5.41) is 7.62. The fourth-order valence-electron chi connectivity index (χ4n) is 1.35. The van der Waals surface area contributed by atoms with Gasteiger partial charge in [0.2, 0.25) is 5.91 Å². The van der Waals surface area contributed by atoms with Gasteiger partial charge in [-0.2, -0.15) is 0 Å². The second kappa shape index (κ2) is 4.32. The van der Waals surface area contributed by atoms with Crippen LogP contribution in [0.15, 0.2) is 30.6 Å². The molecule has 2 N–H and O–H groups in total. The lowest BCUT2D eigenvalue weighted by Crippen LogP contribution is -2.10. The van der Waals surface area contributed by atoms with E-state index >= 15 is 0 Å². The fourth-order valence-corrected chi connectivity index (χ4v) is 1.53. The van der Waals surface area contributed by atoms with E-state index in [1.165, 1.54) is 0 Å². The summed E-state index contributed by atoms with van der Waals surface area (Å²) in [7, 11) is 0. The lowest BCUT2D eigenvalue weighted by molar-refractivity contribution is 0.100. The summed E-state index contributed by atoms with van der Waals surface area (Å²) in [6.07, 6.45) is 1.57. The molecule has 0 atom stereocenters. The van der Waals surface area contributed by atoms with Crippen LogP contribution in [-0.2, 0) is 5.88 Å². The Morgan fingerprint density at radius 2 is 2.06 bits per heavy atom. The van der Waals surface area contributed by atoms with Gasteiger partial charge in [-0.05, 0) is 24.3 Å². The first kappa shape index (κ1) is 10.6. The molecule has 5 nitrogen and oxygen atoms in total. The summed E-state index contributed by atoms with van der Waals surface area (Å²) in [5.41, 5.74) is 6.45. The van der Waals surface area contributed by atoms with E-state index in [4.69, 9.17) is 17.3 Å². The van der Waals surface area contributed by atoms with Gasteiger partial charge in [0.25, 0.3) is 0 Å². The van der Waals surface area contributed by atoms with Crippen molar-refractivity contribution in [2.45, 2.75) is 5.88 Å². The third kappa shape index (κ3) is 1.90. The van der Waals surface area contributed by atoms with Crippen molar-refractivity contribution in [1.29, 1.82) is 0 Å². The normalized spacial score (nSPS) is 10.3. The summed E-state index contributed by atoms with van der Waals surface area (Å²) >= 11 is 5.71. The van der Waals surface area contributed by atoms with Crippen LogP contribution in [-0.4, -0.2) is 20.7 Å². The molecule has 0 fully saturated rings. The number of amides is 1. The maximum absolute atomic E-state index is 10.9. The zero-order valence-electron chi connectivity index (χ0n) is 8.30. The molecule has 1 aromatic carbocycles. The molecule has 0 aliphatic heterocycles. The average Bonchev–Trinajstić information content (AvgIpc) is 2.77. The van der Waals surface area contributed by atoms with Gasteiger partial charge in [0.05, 0.1) is 5.88 Å². The lowest BCUT2D eigenvalue weighted by Gasteiger charge is -2.04. The number of rotatable bonds is 3. The largest absolute Gasteiger partial charge is 0.366 e. The van der Waals surface area contributed by atoms with Gasteiger partial charge in [0.1, 0.15) is 6.33 Å². The Kier molecular flexibility index (Phi) is 2.87. The monoisotopic (exact) mass is 236 g/mol. The van der Waals surface area contributed by atoms with Crippen molar-refractivity contribution in [1.82, 2.24) is 14.8 Å². The van der Waals surface area contributed by atoms with Crippen molar-refractivity contribution < 1.29 is 4.79 Å². The van der Waals surface area contributed by atoms with Crippen LogP contribution in [0.4, 0.5) is 0 Å². The molecule has 0 aliphatic rings. The molecule has 0 spiro atoms. The van der Waals surface area contributed by atoms with E-state index in [1.807, 2.05) is 0 Å². The zero-order valence-corrected chi connectivity index (χ0v) is 9.05. The molecule has 0 bridgehead atoms. The predicted octanol–water partition coefficient (Wildman–Crippen LogP) is 1.10. The third-order valence-corrected chi connectivity index (χ3v) is 2.41. The minimum atomic E-state index is -0.451. The number of carbonyl (C=O) groups excluding carboxylic acids is 1. The van der Waals surface area contributed by atoms with E-state index in [0.717, 1.165) is 5.69 Å². The van der Waals surface area contributed by atoms with Crippen LogP contribution in [0.2, 0.25) is 0 Å². The number of hydrogen-bond acceptors (Lipinski definition) is 3. The van der Waals surface area contributed by atoms with Crippen molar-refractivity contribution in [3.8, 4) is 5.69 Å². The Morgan fingerprint density at radius 1 is 1.38 bits per heavy atom. The molecule has 0 saturated carbocycles.